The van der Waals surface area contributed by atoms with Crippen molar-refractivity contribution in [3.8, 4) is 0 Å². The van der Waals surface area contributed by atoms with Crippen LogP contribution in [0, 0.1) is 26.6 Å². The smallest absolute Gasteiger partial charge is 0.259 e. The lowest BCUT2D eigenvalue weighted by atomic mass is 10.1. The van der Waals surface area contributed by atoms with Crippen LogP contribution in [0.15, 0.2) is 48.7 Å². The lowest BCUT2D eigenvalue weighted by Gasteiger charge is -2.11. The first kappa shape index (κ1) is 18.5. The second kappa shape index (κ2) is 7.95. The highest BCUT2D eigenvalue weighted by Crippen LogP contribution is 2.16. The van der Waals surface area contributed by atoms with Gasteiger partial charge in [0.1, 0.15) is 5.82 Å². The minimum absolute atomic E-state index is 0.264. The first-order valence-electron chi connectivity index (χ1n) is 8.63. The van der Waals surface area contributed by atoms with Gasteiger partial charge in [0.05, 0.1) is 11.3 Å². The predicted molar refractivity (Wildman–Crippen MR) is 104 cm³/mol. The van der Waals surface area contributed by atoms with Crippen LogP contribution in [0.3, 0.4) is 0 Å². The molecule has 0 saturated heterocycles. The summed E-state index contributed by atoms with van der Waals surface area (Å²) >= 11 is 0. The van der Waals surface area contributed by atoms with Crippen molar-refractivity contribution in [3.05, 3.63) is 82.4 Å². The summed E-state index contributed by atoms with van der Waals surface area (Å²) in [6.07, 6.45) is 1.47. The molecular formula is C21H21FN4O. The van der Waals surface area contributed by atoms with Crippen molar-refractivity contribution < 1.29 is 9.18 Å². The largest absolute Gasteiger partial charge is 0.350 e. The molecule has 5 nitrogen and oxygen atoms in total. The van der Waals surface area contributed by atoms with Gasteiger partial charge in [0.2, 0.25) is 5.95 Å². The molecule has 0 bridgehead atoms. The number of aromatic nitrogens is 2. The Bertz CT molecular complexity index is 988. The number of benzene rings is 2. The molecule has 3 aromatic rings. The first-order chi connectivity index (χ1) is 12.9. The molecule has 0 aliphatic carbocycles. The van der Waals surface area contributed by atoms with Crippen molar-refractivity contribution in [3.63, 3.8) is 0 Å². The third-order valence-electron chi connectivity index (χ3n) is 4.38. The highest BCUT2D eigenvalue weighted by atomic mass is 19.1. The van der Waals surface area contributed by atoms with Crippen LogP contribution >= 0.6 is 0 Å². The fourth-order valence-corrected chi connectivity index (χ4v) is 2.61. The summed E-state index contributed by atoms with van der Waals surface area (Å²) in [7, 11) is 0. The Balaban J connectivity index is 1.69. The Labute approximate surface area is 157 Å². The summed E-state index contributed by atoms with van der Waals surface area (Å²) in [5.41, 5.74) is 4.46. The number of rotatable bonds is 5. The number of hydrogen-bond acceptors (Lipinski definition) is 4. The average Bonchev–Trinajstić information content (AvgIpc) is 2.64. The number of carbonyl (C=O) groups is 1. The van der Waals surface area contributed by atoms with Gasteiger partial charge < -0.3 is 10.6 Å². The van der Waals surface area contributed by atoms with Crippen molar-refractivity contribution in [2.24, 2.45) is 0 Å². The number of nitrogens with one attached hydrogen (secondary N) is 2. The van der Waals surface area contributed by atoms with Crippen LogP contribution < -0.4 is 10.6 Å². The van der Waals surface area contributed by atoms with E-state index < -0.39 is 0 Å². The fourth-order valence-electron chi connectivity index (χ4n) is 2.61. The molecule has 1 heterocycles. The minimum atomic E-state index is -0.286. The van der Waals surface area contributed by atoms with Gasteiger partial charge in [-0.05, 0) is 50.1 Å². The van der Waals surface area contributed by atoms with E-state index in [1.165, 1.54) is 12.3 Å². The molecule has 0 spiro atoms. The monoisotopic (exact) mass is 364 g/mol. The van der Waals surface area contributed by atoms with Crippen LogP contribution in [0.25, 0.3) is 0 Å². The summed E-state index contributed by atoms with van der Waals surface area (Å²) in [6.45, 7) is 6.02. The van der Waals surface area contributed by atoms with E-state index in [2.05, 4.69) is 20.6 Å². The number of nitrogens with zero attached hydrogens (tertiary/aromatic N) is 2. The third-order valence-corrected chi connectivity index (χ3v) is 4.38. The van der Waals surface area contributed by atoms with Crippen LogP contribution in [0.1, 0.15) is 32.7 Å². The molecule has 0 saturated carbocycles. The average molecular weight is 364 g/mol. The van der Waals surface area contributed by atoms with E-state index in [0.29, 0.717) is 22.8 Å². The molecule has 1 amide bonds. The maximum absolute atomic E-state index is 13.7. The summed E-state index contributed by atoms with van der Waals surface area (Å²) in [5, 5.41) is 5.84. The topological polar surface area (TPSA) is 66.9 Å². The minimum Gasteiger partial charge on any atom is -0.350 e. The zero-order valence-electron chi connectivity index (χ0n) is 15.5. The normalized spacial score (nSPS) is 10.5. The zero-order chi connectivity index (χ0) is 19.4. The van der Waals surface area contributed by atoms with Gasteiger partial charge in [-0.2, -0.15) is 0 Å². The van der Waals surface area contributed by atoms with Crippen molar-refractivity contribution in [2.75, 3.05) is 10.6 Å². The summed E-state index contributed by atoms with van der Waals surface area (Å²) < 4.78 is 13.7. The Morgan fingerprint density at radius 3 is 2.56 bits per heavy atom. The van der Waals surface area contributed by atoms with Crippen molar-refractivity contribution in [1.29, 1.82) is 0 Å². The van der Waals surface area contributed by atoms with Gasteiger partial charge in [0, 0.05) is 24.0 Å². The van der Waals surface area contributed by atoms with Crippen LogP contribution in [0.5, 0.6) is 0 Å². The van der Waals surface area contributed by atoms with E-state index in [1.54, 1.807) is 25.1 Å². The highest BCUT2D eigenvalue weighted by molar-refractivity contribution is 6.04. The molecule has 0 atom stereocenters. The molecule has 0 fully saturated rings. The maximum Gasteiger partial charge on any atom is 0.259 e. The number of aryl methyl sites for hydroxylation is 3. The fraction of sp³-hybridized carbons (Fsp3) is 0.190. The van der Waals surface area contributed by atoms with Gasteiger partial charge in [0.25, 0.3) is 5.91 Å². The predicted octanol–water partition coefficient (Wildman–Crippen LogP) is 4.41. The highest BCUT2D eigenvalue weighted by Gasteiger charge is 2.13. The molecule has 0 aliphatic rings. The summed E-state index contributed by atoms with van der Waals surface area (Å²) in [6, 6.07) is 12.3. The molecule has 27 heavy (non-hydrogen) atoms. The molecule has 0 aliphatic heterocycles. The van der Waals surface area contributed by atoms with Gasteiger partial charge in [-0.1, -0.05) is 24.3 Å². The lowest BCUT2D eigenvalue weighted by Crippen LogP contribution is -2.16. The summed E-state index contributed by atoms with van der Waals surface area (Å²) in [4.78, 5) is 21.0. The quantitative estimate of drug-likeness (QED) is 0.704. The molecule has 0 unspecified atom stereocenters. The number of carbonyl (C=O) groups excluding carboxylic acids is 1. The lowest BCUT2D eigenvalue weighted by molar-refractivity contribution is 0.102. The number of halogens is 1. The Morgan fingerprint density at radius 2 is 1.85 bits per heavy atom. The van der Waals surface area contributed by atoms with E-state index in [-0.39, 0.29) is 18.3 Å². The van der Waals surface area contributed by atoms with Crippen molar-refractivity contribution in [1.82, 2.24) is 9.97 Å². The summed E-state index contributed by atoms with van der Waals surface area (Å²) in [5.74, 6) is -0.207. The molecule has 6 heteroatoms. The van der Waals surface area contributed by atoms with Gasteiger partial charge in [-0.25, -0.2) is 14.4 Å². The van der Waals surface area contributed by atoms with Gasteiger partial charge in [0.15, 0.2) is 0 Å². The van der Waals surface area contributed by atoms with E-state index in [9.17, 15) is 9.18 Å². The van der Waals surface area contributed by atoms with E-state index in [1.807, 2.05) is 32.0 Å². The molecule has 3 rings (SSSR count). The molecule has 1 aromatic heterocycles. The number of hydrogen-bond donors (Lipinski definition) is 2. The zero-order valence-corrected chi connectivity index (χ0v) is 15.5. The number of anilines is 2. The van der Waals surface area contributed by atoms with Crippen LogP contribution in [0.4, 0.5) is 16.0 Å². The van der Waals surface area contributed by atoms with Gasteiger partial charge >= 0.3 is 0 Å². The Hall–Kier alpha value is -3.28. The van der Waals surface area contributed by atoms with Crippen LogP contribution in [-0.4, -0.2) is 15.9 Å². The van der Waals surface area contributed by atoms with Gasteiger partial charge in [-0.15, -0.1) is 0 Å². The first-order valence-corrected chi connectivity index (χ1v) is 8.63. The van der Waals surface area contributed by atoms with Crippen LogP contribution in [0.2, 0.25) is 0 Å². The molecular weight excluding hydrogens is 343 g/mol. The van der Waals surface area contributed by atoms with Crippen LogP contribution in [-0.2, 0) is 6.54 Å². The molecule has 138 valence electrons. The van der Waals surface area contributed by atoms with E-state index >= 15 is 0 Å². The Kier molecular flexibility index (Phi) is 5.45. The van der Waals surface area contributed by atoms with Crippen molar-refractivity contribution in [2.45, 2.75) is 27.3 Å². The standard InChI is InChI=1S/C21H21FN4O/c1-13-8-9-17(10-14(13)2)26-20(27)18-12-24-21(25-15(18)3)23-11-16-6-4-5-7-19(16)22/h4-10,12H,11H2,1-3H3,(H,26,27)(H,23,24,25). The maximum atomic E-state index is 13.7. The van der Waals surface area contributed by atoms with E-state index in [4.69, 9.17) is 0 Å². The SMILES string of the molecule is Cc1ccc(NC(=O)c2cnc(NCc3ccccc3F)nc2C)cc1C. The van der Waals surface area contributed by atoms with Crippen molar-refractivity contribution >= 4 is 17.5 Å². The Morgan fingerprint density at radius 1 is 1.07 bits per heavy atom. The van der Waals surface area contributed by atoms with Gasteiger partial charge in [-0.3, -0.25) is 4.79 Å². The molecule has 2 aromatic carbocycles. The molecule has 0 radical (unpaired) electrons. The second-order valence-electron chi connectivity index (χ2n) is 6.39. The molecule has 2 N–H and O–H groups in total. The van der Waals surface area contributed by atoms with E-state index in [0.717, 1.165) is 16.8 Å². The second-order valence-corrected chi connectivity index (χ2v) is 6.39. The third kappa shape index (κ3) is 4.47. The number of amides is 1.